The molecule has 186 valence electrons. The molecule has 0 radical (unpaired) electrons. The molecule has 3 aromatic carbocycles. The summed E-state index contributed by atoms with van der Waals surface area (Å²) in [7, 11) is -0.158. The molecular weight excluding hydrogens is 468 g/mol. The van der Waals surface area contributed by atoms with Gasteiger partial charge in [0.05, 0.1) is 4.90 Å². The van der Waals surface area contributed by atoms with Gasteiger partial charge < -0.3 is 20.6 Å². The largest absolute Gasteiger partial charge is 0.465 e. The number of hydrogen-bond acceptors (Lipinski definition) is 5. The summed E-state index contributed by atoms with van der Waals surface area (Å²) in [6.07, 6.45) is -0.771. The van der Waals surface area contributed by atoms with Gasteiger partial charge in [-0.05, 0) is 53.4 Å². The Morgan fingerprint density at radius 2 is 1.63 bits per heavy atom. The van der Waals surface area contributed by atoms with Gasteiger partial charge >= 0.3 is 6.09 Å². The number of anilines is 1. The number of amides is 2. The summed E-state index contributed by atoms with van der Waals surface area (Å²) in [6, 6.07) is 18.7. The van der Waals surface area contributed by atoms with E-state index in [1.165, 1.54) is 6.07 Å². The van der Waals surface area contributed by atoms with Crippen molar-refractivity contribution in [2.45, 2.75) is 30.3 Å². The molecule has 0 aromatic heterocycles. The molecule has 1 unspecified atom stereocenters. The van der Waals surface area contributed by atoms with Gasteiger partial charge in [-0.3, -0.25) is 4.79 Å². The summed E-state index contributed by atoms with van der Waals surface area (Å²) < 4.78 is 28.8. The van der Waals surface area contributed by atoms with Gasteiger partial charge in [0.25, 0.3) is 0 Å². The molecule has 10 heteroatoms. The average molecular weight is 499 g/mol. The van der Waals surface area contributed by atoms with E-state index >= 15 is 0 Å². The number of carbonyl (C=O) groups excluding carboxylic acids is 1. The van der Waals surface area contributed by atoms with E-state index in [4.69, 9.17) is 5.11 Å². The van der Waals surface area contributed by atoms with Crippen LogP contribution in [0.3, 0.4) is 0 Å². The first-order valence-electron chi connectivity index (χ1n) is 11.2. The zero-order valence-corrected chi connectivity index (χ0v) is 20.5. The van der Waals surface area contributed by atoms with E-state index in [0.717, 1.165) is 22.0 Å². The number of fused-ring (bicyclic) bond motifs is 1. The third-order valence-corrected chi connectivity index (χ3v) is 6.96. The minimum Gasteiger partial charge on any atom is -0.465 e. The van der Waals surface area contributed by atoms with E-state index in [2.05, 4.69) is 15.4 Å². The second-order valence-corrected chi connectivity index (χ2v) is 10.1. The first kappa shape index (κ1) is 26.0. The molecular formula is C25H30N4O5S. The highest BCUT2D eigenvalue weighted by molar-refractivity contribution is 7.89. The van der Waals surface area contributed by atoms with Crippen LogP contribution in [0.4, 0.5) is 10.5 Å². The van der Waals surface area contributed by atoms with Crippen molar-refractivity contribution in [1.82, 2.24) is 15.4 Å². The van der Waals surface area contributed by atoms with Gasteiger partial charge in [-0.25, -0.2) is 13.2 Å². The van der Waals surface area contributed by atoms with Gasteiger partial charge in [-0.1, -0.05) is 42.5 Å². The van der Waals surface area contributed by atoms with E-state index in [-0.39, 0.29) is 30.8 Å². The predicted molar refractivity (Wildman–Crippen MR) is 136 cm³/mol. The molecule has 0 heterocycles. The fourth-order valence-corrected chi connectivity index (χ4v) is 4.83. The van der Waals surface area contributed by atoms with E-state index in [9.17, 15) is 18.0 Å². The van der Waals surface area contributed by atoms with E-state index in [0.29, 0.717) is 0 Å². The highest BCUT2D eigenvalue weighted by Crippen LogP contribution is 2.24. The predicted octanol–water partition coefficient (Wildman–Crippen LogP) is 2.92. The maximum atomic E-state index is 13.2. The van der Waals surface area contributed by atoms with E-state index in [1.54, 1.807) is 12.1 Å². The number of nitrogens with zero attached hydrogens (tertiary/aromatic N) is 1. The molecule has 0 fully saturated rings. The Bertz CT molecular complexity index is 1280. The summed E-state index contributed by atoms with van der Waals surface area (Å²) in [5.41, 5.74) is 1.87. The molecule has 0 saturated carbocycles. The fraction of sp³-hybridized carbons (Fsp3) is 0.280. The molecule has 0 aliphatic rings. The Kier molecular flexibility index (Phi) is 8.67. The number of rotatable bonds is 11. The van der Waals surface area contributed by atoms with Crippen LogP contribution in [0.2, 0.25) is 0 Å². The lowest BCUT2D eigenvalue weighted by Gasteiger charge is -2.19. The van der Waals surface area contributed by atoms with Crippen LogP contribution in [-0.4, -0.2) is 52.2 Å². The van der Waals surface area contributed by atoms with Crippen molar-refractivity contribution in [3.63, 3.8) is 0 Å². The van der Waals surface area contributed by atoms with Crippen molar-refractivity contribution in [1.29, 1.82) is 0 Å². The topological polar surface area (TPSA) is 128 Å². The maximum absolute atomic E-state index is 13.2. The van der Waals surface area contributed by atoms with E-state index in [1.807, 2.05) is 67.5 Å². The number of hydrogen-bond donors (Lipinski definition) is 4. The van der Waals surface area contributed by atoms with Crippen LogP contribution in [0.5, 0.6) is 0 Å². The van der Waals surface area contributed by atoms with Gasteiger partial charge in [0, 0.05) is 32.9 Å². The zero-order chi connectivity index (χ0) is 25.4. The highest BCUT2D eigenvalue weighted by atomic mass is 32.2. The van der Waals surface area contributed by atoms with Crippen molar-refractivity contribution in [3.05, 3.63) is 72.3 Å². The van der Waals surface area contributed by atoms with Crippen molar-refractivity contribution in [2.24, 2.45) is 0 Å². The Labute approximate surface area is 205 Å². The standard InChI is InChI=1S/C25H30N4O5S/c1-29(2)21-12-10-20-16-22(13-11-19(20)15-21)35(33,34)28-23(9-6-14-26-25(31)32)24(30)27-17-18-7-4-3-5-8-18/h3-5,7-8,10-13,15-16,23,26,28H,6,9,14,17H2,1-2H3,(H,27,30)(H,31,32). The summed E-state index contributed by atoms with van der Waals surface area (Å²) in [5, 5.41) is 15.4. The van der Waals surface area contributed by atoms with Gasteiger partial charge in [-0.2, -0.15) is 4.72 Å². The first-order valence-corrected chi connectivity index (χ1v) is 12.7. The van der Waals surface area contributed by atoms with Crippen LogP contribution in [0.15, 0.2) is 71.6 Å². The number of nitrogens with one attached hydrogen (secondary N) is 3. The van der Waals surface area contributed by atoms with Crippen LogP contribution in [0.1, 0.15) is 18.4 Å². The molecule has 0 aliphatic heterocycles. The lowest BCUT2D eigenvalue weighted by Crippen LogP contribution is -2.46. The Morgan fingerprint density at radius 1 is 0.943 bits per heavy atom. The monoisotopic (exact) mass is 498 g/mol. The Hall–Kier alpha value is -3.63. The molecule has 9 nitrogen and oxygen atoms in total. The molecule has 3 rings (SSSR count). The molecule has 2 amide bonds. The second kappa shape index (κ2) is 11.7. The van der Waals surface area contributed by atoms with Crippen molar-refractivity contribution >= 4 is 38.5 Å². The number of sulfonamides is 1. The van der Waals surface area contributed by atoms with Crippen LogP contribution in [0, 0.1) is 0 Å². The summed E-state index contributed by atoms with van der Waals surface area (Å²) in [5.74, 6) is -0.482. The number of carboxylic acid groups (broad SMARTS) is 1. The SMILES string of the molecule is CN(C)c1ccc2cc(S(=O)(=O)NC(CCCNC(=O)O)C(=O)NCc3ccccc3)ccc2c1. The molecule has 0 aliphatic carbocycles. The first-order chi connectivity index (χ1) is 16.7. The molecule has 1 atom stereocenters. The second-order valence-electron chi connectivity index (χ2n) is 8.34. The smallest absolute Gasteiger partial charge is 0.404 e. The molecule has 0 saturated heterocycles. The third-order valence-electron chi connectivity index (χ3n) is 5.49. The van der Waals surface area contributed by atoms with Crippen molar-refractivity contribution in [2.75, 3.05) is 25.5 Å². The number of benzene rings is 3. The molecule has 35 heavy (non-hydrogen) atoms. The number of carbonyl (C=O) groups is 2. The minimum atomic E-state index is -4.02. The van der Waals surface area contributed by atoms with Gasteiger partial charge in [-0.15, -0.1) is 0 Å². The lowest BCUT2D eigenvalue weighted by molar-refractivity contribution is -0.123. The summed E-state index contributed by atoms with van der Waals surface area (Å²) in [4.78, 5) is 25.6. The third kappa shape index (κ3) is 7.43. The molecule has 0 spiro atoms. The minimum absolute atomic E-state index is 0.0483. The van der Waals surface area contributed by atoms with Crippen LogP contribution < -0.4 is 20.3 Å². The average Bonchev–Trinajstić information content (AvgIpc) is 2.84. The summed E-state index contributed by atoms with van der Waals surface area (Å²) in [6.45, 7) is 0.346. The quantitative estimate of drug-likeness (QED) is 0.301. The van der Waals surface area contributed by atoms with E-state index < -0.39 is 28.1 Å². The molecule has 0 bridgehead atoms. The Morgan fingerprint density at radius 3 is 2.31 bits per heavy atom. The van der Waals surface area contributed by atoms with Crippen molar-refractivity contribution < 1.29 is 23.1 Å². The Balaban J connectivity index is 1.77. The van der Waals surface area contributed by atoms with Crippen molar-refractivity contribution in [3.8, 4) is 0 Å². The molecule has 4 N–H and O–H groups in total. The maximum Gasteiger partial charge on any atom is 0.404 e. The van der Waals surface area contributed by atoms with Crippen LogP contribution in [-0.2, 0) is 21.4 Å². The zero-order valence-electron chi connectivity index (χ0n) is 19.7. The normalized spacial score (nSPS) is 12.2. The lowest BCUT2D eigenvalue weighted by atomic mass is 10.1. The van der Waals surface area contributed by atoms with Gasteiger partial charge in [0.15, 0.2) is 0 Å². The van der Waals surface area contributed by atoms with Crippen LogP contribution >= 0.6 is 0 Å². The van der Waals surface area contributed by atoms with Gasteiger partial charge in [0.1, 0.15) is 6.04 Å². The summed E-state index contributed by atoms with van der Waals surface area (Å²) >= 11 is 0. The van der Waals surface area contributed by atoms with Gasteiger partial charge in [0.2, 0.25) is 15.9 Å². The fourth-order valence-electron chi connectivity index (χ4n) is 3.57. The van der Waals surface area contributed by atoms with Crippen LogP contribution in [0.25, 0.3) is 10.8 Å². The molecule has 3 aromatic rings. The highest BCUT2D eigenvalue weighted by Gasteiger charge is 2.25.